The Balaban J connectivity index is 1.63. The number of ether oxygens (including phenoxy) is 1. The number of nitrogens with zero attached hydrogens (tertiary/aromatic N) is 4. The van der Waals surface area contributed by atoms with Crippen molar-refractivity contribution in [1.82, 2.24) is 25.4 Å². The molecule has 26 heavy (non-hydrogen) atoms. The van der Waals surface area contributed by atoms with Gasteiger partial charge in [-0.1, -0.05) is 12.1 Å². The van der Waals surface area contributed by atoms with Crippen LogP contribution in [0.15, 0.2) is 35.6 Å². The van der Waals surface area contributed by atoms with E-state index in [2.05, 4.69) is 25.7 Å². The minimum Gasteiger partial charge on any atom is -0.375 e. The van der Waals surface area contributed by atoms with E-state index in [1.807, 2.05) is 11.6 Å². The Kier molecular flexibility index (Phi) is 6.17. The molecule has 1 aromatic carbocycles. The molecule has 1 aliphatic rings. The van der Waals surface area contributed by atoms with E-state index in [1.54, 1.807) is 25.6 Å². The summed E-state index contributed by atoms with van der Waals surface area (Å²) in [4.78, 5) is 8.90. The number of nitrogens with one attached hydrogen (secondary N) is 2. The van der Waals surface area contributed by atoms with Crippen molar-refractivity contribution < 1.29 is 9.13 Å². The number of fused-ring (bicyclic) bond motifs is 1. The van der Waals surface area contributed by atoms with Crippen LogP contribution in [0.2, 0.25) is 0 Å². The minimum absolute atomic E-state index is 0.223. The Bertz CT molecular complexity index is 730. The molecule has 0 saturated carbocycles. The van der Waals surface area contributed by atoms with E-state index in [9.17, 15) is 4.39 Å². The number of benzene rings is 1. The van der Waals surface area contributed by atoms with Crippen molar-refractivity contribution >= 4 is 5.96 Å². The molecule has 1 aromatic heterocycles. The highest BCUT2D eigenvalue weighted by molar-refractivity contribution is 5.80. The van der Waals surface area contributed by atoms with Crippen molar-refractivity contribution in [3.8, 4) is 0 Å². The van der Waals surface area contributed by atoms with Crippen molar-refractivity contribution in [2.24, 2.45) is 4.99 Å². The first-order valence-corrected chi connectivity index (χ1v) is 8.89. The molecule has 0 amide bonds. The van der Waals surface area contributed by atoms with Crippen LogP contribution in [0.25, 0.3) is 0 Å². The summed E-state index contributed by atoms with van der Waals surface area (Å²) in [7, 11) is 1.64. The maximum Gasteiger partial charge on any atom is 0.191 e. The molecule has 0 fully saturated rings. The van der Waals surface area contributed by atoms with Gasteiger partial charge < -0.3 is 15.4 Å². The Labute approximate surface area is 152 Å². The number of aliphatic imine (C=N–C) groups is 1. The highest BCUT2D eigenvalue weighted by Crippen LogP contribution is 2.17. The smallest absolute Gasteiger partial charge is 0.191 e. The Morgan fingerprint density at radius 3 is 2.96 bits per heavy atom. The van der Waals surface area contributed by atoms with E-state index in [4.69, 9.17) is 4.74 Å². The van der Waals surface area contributed by atoms with Crippen LogP contribution in [-0.2, 0) is 17.7 Å². The normalized spacial score (nSPS) is 18.3. The Morgan fingerprint density at radius 1 is 1.42 bits per heavy atom. The van der Waals surface area contributed by atoms with E-state index in [0.29, 0.717) is 6.54 Å². The Morgan fingerprint density at radius 2 is 2.23 bits per heavy atom. The zero-order valence-electron chi connectivity index (χ0n) is 15.2. The summed E-state index contributed by atoms with van der Waals surface area (Å²) in [5, 5.41) is 11.0. The third-order valence-electron chi connectivity index (χ3n) is 4.43. The van der Waals surface area contributed by atoms with Gasteiger partial charge in [0, 0.05) is 26.1 Å². The summed E-state index contributed by atoms with van der Waals surface area (Å²) in [6.07, 6.45) is 3.25. The lowest BCUT2D eigenvalue weighted by atomic mass is 10.1. The topological polar surface area (TPSA) is 76.4 Å². The molecule has 3 rings (SSSR count). The third kappa shape index (κ3) is 4.57. The molecule has 2 unspecified atom stereocenters. The molecule has 0 aliphatic carbocycles. The van der Waals surface area contributed by atoms with Gasteiger partial charge in [0.1, 0.15) is 24.1 Å². The number of hydrogen-bond acceptors (Lipinski definition) is 4. The van der Waals surface area contributed by atoms with Gasteiger partial charge in [0.15, 0.2) is 5.96 Å². The van der Waals surface area contributed by atoms with Crippen LogP contribution in [0.3, 0.4) is 0 Å². The lowest BCUT2D eigenvalue weighted by Crippen LogP contribution is -2.47. The number of methoxy groups -OCH3 is 1. The summed E-state index contributed by atoms with van der Waals surface area (Å²) in [6, 6.07) is 6.58. The van der Waals surface area contributed by atoms with Crippen LogP contribution in [0, 0.1) is 5.82 Å². The average Bonchev–Trinajstić information content (AvgIpc) is 3.11. The molecule has 1 aliphatic heterocycles. The SMILES string of the molecule is CCNC(=NCC(OC)c1ccc(F)cc1)NC1CCc2ncnn2C1. The van der Waals surface area contributed by atoms with Crippen LogP contribution in [0.5, 0.6) is 0 Å². The summed E-state index contributed by atoms with van der Waals surface area (Å²) in [6.45, 7) is 4.01. The van der Waals surface area contributed by atoms with Gasteiger partial charge >= 0.3 is 0 Å². The molecular formula is C18H25FN6O. The monoisotopic (exact) mass is 360 g/mol. The molecule has 0 radical (unpaired) electrons. The predicted octanol–water partition coefficient (Wildman–Crippen LogP) is 1.67. The molecule has 2 heterocycles. The molecule has 8 heteroatoms. The van der Waals surface area contributed by atoms with Crippen LogP contribution < -0.4 is 10.6 Å². The zero-order chi connectivity index (χ0) is 18.4. The lowest BCUT2D eigenvalue weighted by molar-refractivity contribution is 0.111. The largest absolute Gasteiger partial charge is 0.375 e. The van der Waals surface area contributed by atoms with Gasteiger partial charge in [-0.15, -0.1) is 0 Å². The van der Waals surface area contributed by atoms with Crippen molar-refractivity contribution in [1.29, 1.82) is 0 Å². The van der Waals surface area contributed by atoms with E-state index in [1.165, 1.54) is 12.1 Å². The van der Waals surface area contributed by atoms with Gasteiger partial charge in [-0.05, 0) is 31.0 Å². The van der Waals surface area contributed by atoms with Crippen LogP contribution >= 0.6 is 0 Å². The number of aryl methyl sites for hydroxylation is 1. The van der Waals surface area contributed by atoms with Gasteiger partial charge in [-0.2, -0.15) is 5.10 Å². The molecular weight excluding hydrogens is 335 g/mol. The molecule has 140 valence electrons. The fraction of sp³-hybridized carbons (Fsp3) is 0.500. The summed E-state index contributed by atoms with van der Waals surface area (Å²) >= 11 is 0. The van der Waals surface area contributed by atoms with Crippen molar-refractivity contribution in [3.63, 3.8) is 0 Å². The van der Waals surface area contributed by atoms with Gasteiger partial charge in [-0.25, -0.2) is 14.1 Å². The average molecular weight is 360 g/mol. The molecule has 2 N–H and O–H groups in total. The Hall–Kier alpha value is -2.48. The fourth-order valence-electron chi connectivity index (χ4n) is 3.04. The molecule has 2 atom stereocenters. The predicted molar refractivity (Wildman–Crippen MR) is 97.4 cm³/mol. The molecule has 7 nitrogen and oxygen atoms in total. The van der Waals surface area contributed by atoms with E-state index in [0.717, 1.165) is 43.3 Å². The second kappa shape index (κ2) is 8.75. The van der Waals surface area contributed by atoms with E-state index < -0.39 is 0 Å². The minimum atomic E-state index is -0.258. The van der Waals surface area contributed by atoms with Gasteiger partial charge in [0.25, 0.3) is 0 Å². The quantitative estimate of drug-likeness (QED) is 0.605. The second-order valence-electron chi connectivity index (χ2n) is 6.23. The summed E-state index contributed by atoms with van der Waals surface area (Å²) in [5.41, 5.74) is 0.901. The fourth-order valence-corrected chi connectivity index (χ4v) is 3.04. The standard InChI is InChI=1S/C18H25FN6O/c1-3-20-18(24-15-8-9-17-22-12-23-25(17)11-15)21-10-16(26-2)13-4-6-14(19)7-5-13/h4-7,12,15-16H,3,8-11H2,1-2H3,(H2,20,21,24). The number of halogens is 1. The van der Waals surface area contributed by atoms with Gasteiger partial charge in [0.2, 0.25) is 0 Å². The number of hydrogen-bond donors (Lipinski definition) is 2. The molecule has 0 saturated heterocycles. The van der Waals surface area contributed by atoms with Crippen molar-refractivity contribution in [3.05, 3.63) is 47.8 Å². The first kappa shape index (κ1) is 18.3. The van der Waals surface area contributed by atoms with Crippen molar-refractivity contribution in [2.45, 2.75) is 38.5 Å². The second-order valence-corrected chi connectivity index (χ2v) is 6.23. The number of guanidine groups is 1. The maximum absolute atomic E-state index is 13.1. The van der Waals surface area contributed by atoms with E-state index >= 15 is 0 Å². The van der Waals surface area contributed by atoms with Crippen molar-refractivity contribution in [2.75, 3.05) is 20.2 Å². The summed E-state index contributed by atoms with van der Waals surface area (Å²) in [5.74, 6) is 1.51. The van der Waals surface area contributed by atoms with Crippen LogP contribution in [0.1, 0.15) is 30.8 Å². The zero-order valence-corrected chi connectivity index (χ0v) is 15.2. The first-order valence-electron chi connectivity index (χ1n) is 8.89. The molecule has 0 spiro atoms. The molecule has 2 aromatic rings. The maximum atomic E-state index is 13.1. The number of rotatable bonds is 6. The third-order valence-corrected chi connectivity index (χ3v) is 4.43. The van der Waals surface area contributed by atoms with Crippen LogP contribution in [-0.4, -0.2) is 47.0 Å². The number of aromatic nitrogens is 3. The lowest BCUT2D eigenvalue weighted by Gasteiger charge is -2.25. The van der Waals surface area contributed by atoms with E-state index in [-0.39, 0.29) is 18.0 Å². The van der Waals surface area contributed by atoms with Gasteiger partial charge in [-0.3, -0.25) is 4.99 Å². The van der Waals surface area contributed by atoms with Gasteiger partial charge in [0.05, 0.1) is 13.1 Å². The molecule has 0 bridgehead atoms. The highest BCUT2D eigenvalue weighted by atomic mass is 19.1. The van der Waals surface area contributed by atoms with Crippen LogP contribution in [0.4, 0.5) is 4.39 Å². The first-order chi connectivity index (χ1) is 12.7. The summed E-state index contributed by atoms with van der Waals surface area (Å²) < 4.78 is 20.6. The highest BCUT2D eigenvalue weighted by Gasteiger charge is 2.20.